The maximum atomic E-state index is 10.9. The quantitative estimate of drug-likeness (QED) is 0.751. The first-order valence-corrected chi connectivity index (χ1v) is 7.56. The van der Waals surface area contributed by atoms with Gasteiger partial charge < -0.3 is 10.1 Å². The van der Waals surface area contributed by atoms with Crippen molar-refractivity contribution in [2.75, 3.05) is 25.2 Å². The highest BCUT2D eigenvalue weighted by atomic mass is 32.2. The summed E-state index contributed by atoms with van der Waals surface area (Å²) in [6, 6.07) is 0.444. The lowest BCUT2D eigenvalue weighted by Crippen LogP contribution is -2.37. The Kier molecular flexibility index (Phi) is 6.45. The molecule has 0 aromatic rings. The van der Waals surface area contributed by atoms with Gasteiger partial charge in [-0.3, -0.25) is 4.21 Å². The van der Waals surface area contributed by atoms with Gasteiger partial charge in [0.1, 0.15) is 0 Å². The summed E-state index contributed by atoms with van der Waals surface area (Å²) in [7, 11) is -0.666. The Balaban J connectivity index is 2.04. The Labute approximate surface area is 95.4 Å². The molecule has 1 aliphatic rings. The first-order valence-electron chi connectivity index (χ1n) is 5.83. The Morgan fingerprint density at radius 1 is 1.53 bits per heavy atom. The predicted molar refractivity (Wildman–Crippen MR) is 64.6 cm³/mol. The minimum Gasteiger partial charge on any atom is -0.377 e. The summed E-state index contributed by atoms with van der Waals surface area (Å²) in [6.07, 6.45) is 6.82. The van der Waals surface area contributed by atoms with Crippen LogP contribution in [0.4, 0.5) is 0 Å². The molecule has 0 radical (unpaired) electrons. The molecule has 0 aromatic heterocycles. The zero-order chi connectivity index (χ0) is 11.1. The summed E-state index contributed by atoms with van der Waals surface area (Å²) in [6.45, 7) is 4.01. The average Bonchev–Trinajstić information content (AvgIpc) is 2.25. The molecule has 1 aliphatic heterocycles. The highest BCUT2D eigenvalue weighted by Crippen LogP contribution is 2.11. The third-order valence-corrected chi connectivity index (χ3v) is 3.62. The van der Waals surface area contributed by atoms with Crippen molar-refractivity contribution in [2.24, 2.45) is 0 Å². The Morgan fingerprint density at radius 3 is 2.93 bits per heavy atom. The topological polar surface area (TPSA) is 38.3 Å². The zero-order valence-corrected chi connectivity index (χ0v) is 10.6. The summed E-state index contributed by atoms with van der Waals surface area (Å²) in [5, 5.41) is 3.45. The van der Waals surface area contributed by atoms with Gasteiger partial charge in [-0.25, -0.2) is 0 Å². The van der Waals surface area contributed by atoms with Crippen LogP contribution in [0.3, 0.4) is 0 Å². The lowest BCUT2D eigenvalue weighted by Gasteiger charge is -2.24. The number of hydrogen-bond donors (Lipinski definition) is 1. The van der Waals surface area contributed by atoms with Gasteiger partial charge in [0.15, 0.2) is 0 Å². The molecule has 3 nitrogen and oxygen atoms in total. The van der Waals surface area contributed by atoms with Gasteiger partial charge in [0, 0.05) is 42.0 Å². The minimum atomic E-state index is -0.666. The molecule has 0 aromatic carbocycles. The molecule has 1 fully saturated rings. The van der Waals surface area contributed by atoms with Crippen LogP contribution in [0.2, 0.25) is 0 Å². The van der Waals surface area contributed by atoms with Gasteiger partial charge in [-0.05, 0) is 32.6 Å². The van der Waals surface area contributed by atoms with Crippen LogP contribution in [0.25, 0.3) is 0 Å². The monoisotopic (exact) mass is 233 g/mol. The van der Waals surface area contributed by atoms with E-state index in [1.54, 1.807) is 6.26 Å². The summed E-state index contributed by atoms with van der Waals surface area (Å²) in [4.78, 5) is 0. The van der Waals surface area contributed by atoms with E-state index in [1.165, 1.54) is 19.3 Å². The molecule has 4 heteroatoms. The molecule has 0 amide bonds. The smallest absolute Gasteiger partial charge is 0.0699 e. The summed E-state index contributed by atoms with van der Waals surface area (Å²) in [5.41, 5.74) is 0. The molecule has 0 aliphatic carbocycles. The first-order chi connectivity index (χ1) is 7.18. The van der Waals surface area contributed by atoms with Gasteiger partial charge in [0.2, 0.25) is 0 Å². The Bertz CT molecular complexity index is 193. The second-order valence-electron chi connectivity index (χ2n) is 4.36. The van der Waals surface area contributed by atoms with Crippen LogP contribution in [-0.2, 0) is 15.5 Å². The normalized spacial score (nSPS) is 26.1. The van der Waals surface area contributed by atoms with Crippen LogP contribution < -0.4 is 5.32 Å². The fourth-order valence-electron chi connectivity index (χ4n) is 1.75. The molecular weight excluding hydrogens is 210 g/mol. The Morgan fingerprint density at radius 2 is 2.33 bits per heavy atom. The van der Waals surface area contributed by atoms with Crippen molar-refractivity contribution in [3.8, 4) is 0 Å². The summed E-state index contributed by atoms with van der Waals surface area (Å²) < 4.78 is 16.5. The molecule has 90 valence electrons. The molecule has 3 unspecified atom stereocenters. The summed E-state index contributed by atoms with van der Waals surface area (Å²) in [5.74, 6) is 0.791. The van der Waals surface area contributed by atoms with Crippen molar-refractivity contribution in [3.63, 3.8) is 0 Å². The fourth-order valence-corrected chi connectivity index (χ4v) is 2.43. The van der Waals surface area contributed by atoms with E-state index in [9.17, 15) is 4.21 Å². The zero-order valence-electron chi connectivity index (χ0n) is 9.83. The molecular formula is C11H23NO2S. The van der Waals surface area contributed by atoms with Gasteiger partial charge in [0.05, 0.1) is 6.10 Å². The minimum absolute atomic E-state index is 0.397. The van der Waals surface area contributed by atoms with E-state index in [2.05, 4.69) is 12.2 Å². The third-order valence-electron chi connectivity index (χ3n) is 2.81. The Hall–Kier alpha value is 0.0700. The molecule has 0 bridgehead atoms. The van der Waals surface area contributed by atoms with Crippen molar-refractivity contribution in [3.05, 3.63) is 0 Å². The molecule has 1 N–H and O–H groups in total. The predicted octanol–water partition coefficient (Wildman–Crippen LogP) is 1.30. The van der Waals surface area contributed by atoms with E-state index >= 15 is 0 Å². The highest BCUT2D eigenvalue weighted by Gasteiger charge is 2.14. The van der Waals surface area contributed by atoms with Crippen LogP contribution in [-0.4, -0.2) is 41.5 Å². The largest absolute Gasteiger partial charge is 0.377 e. The van der Waals surface area contributed by atoms with Crippen LogP contribution >= 0.6 is 0 Å². The molecule has 3 atom stereocenters. The maximum Gasteiger partial charge on any atom is 0.0699 e. The maximum absolute atomic E-state index is 10.9. The molecule has 0 saturated carbocycles. The van der Waals surface area contributed by atoms with Crippen molar-refractivity contribution < 1.29 is 8.95 Å². The number of nitrogens with one attached hydrogen (secondary N) is 1. The van der Waals surface area contributed by atoms with Gasteiger partial charge in [-0.15, -0.1) is 0 Å². The van der Waals surface area contributed by atoms with Crippen molar-refractivity contribution >= 4 is 10.8 Å². The molecule has 0 spiro atoms. The average molecular weight is 233 g/mol. The standard InChI is InChI=1S/C11H23NO2S/c1-10(6-8-15(2)13)12-9-11-5-3-4-7-14-11/h10-12H,3-9H2,1-2H3. The highest BCUT2D eigenvalue weighted by molar-refractivity contribution is 7.84. The lowest BCUT2D eigenvalue weighted by molar-refractivity contribution is 0.0156. The molecule has 1 heterocycles. The van der Waals surface area contributed by atoms with Crippen LogP contribution in [0.15, 0.2) is 0 Å². The second-order valence-corrected chi connectivity index (χ2v) is 5.92. The van der Waals surface area contributed by atoms with Crippen LogP contribution in [0, 0.1) is 0 Å². The van der Waals surface area contributed by atoms with E-state index in [0.29, 0.717) is 12.1 Å². The van der Waals surface area contributed by atoms with E-state index in [1.807, 2.05) is 0 Å². The molecule has 1 rings (SSSR count). The van der Waals surface area contributed by atoms with Gasteiger partial charge in [-0.2, -0.15) is 0 Å². The van der Waals surface area contributed by atoms with Crippen LogP contribution in [0.5, 0.6) is 0 Å². The number of ether oxygens (including phenoxy) is 1. The number of rotatable bonds is 6. The van der Waals surface area contributed by atoms with Crippen molar-refractivity contribution in [1.29, 1.82) is 0 Å². The second kappa shape index (κ2) is 7.36. The fraction of sp³-hybridized carbons (Fsp3) is 1.00. The van der Waals surface area contributed by atoms with E-state index in [0.717, 1.165) is 25.3 Å². The molecule has 1 saturated heterocycles. The van der Waals surface area contributed by atoms with Gasteiger partial charge >= 0.3 is 0 Å². The third kappa shape index (κ3) is 6.28. The SMILES string of the molecule is CC(CCS(C)=O)NCC1CCCCO1. The lowest BCUT2D eigenvalue weighted by atomic mass is 10.1. The van der Waals surface area contributed by atoms with Gasteiger partial charge in [0.25, 0.3) is 0 Å². The van der Waals surface area contributed by atoms with Crippen molar-refractivity contribution in [1.82, 2.24) is 5.32 Å². The van der Waals surface area contributed by atoms with E-state index in [4.69, 9.17) is 4.74 Å². The summed E-state index contributed by atoms with van der Waals surface area (Å²) >= 11 is 0. The van der Waals surface area contributed by atoms with E-state index < -0.39 is 10.8 Å². The van der Waals surface area contributed by atoms with Crippen molar-refractivity contribution in [2.45, 2.75) is 44.8 Å². The number of hydrogen-bond acceptors (Lipinski definition) is 3. The van der Waals surface area contributed by atoms with Crippen LogP contribution in [0.1, 0.15) is 32.6 Å². The molecule has 15 heavy (non-hydrogen) atoms. The van der Waals surface area contributed by atoms with Gasteiger partial charge in [-0.1, -0.05) is 0 Å². The van der Waals surface area contributed by atoms with E-state index in [-0.39, 0.29) is 0 Å². The first kappa shape index (κ1) is 13.1.